The van der Waals surface area contributed by atoms with Crippen LogP contribution in [0.4, 0.5) is 0 Å². The highest BCUT2D eigenvalue weighted by Crippen LogP contribution is 2.30. The van der Waals surface area contributed by atoms with Gasteiger partial charge in [0.2, 0.25) is 0 Å². The first kappa shape index (κ1) is 15.4. The highest BCUT2D eigenvalue weighted by molar-refractivity contribution is 7.91. The summed E-state index contributed by atoms with van der Waals surface area (Å²) in [5.74, 6) is 1.33. The predicted molar refractivity (Wildman–Crippen MR) is 81.6 cm³/mol. The summed E-state index contributed by atoms with van der Waals surface area (Å²) in [7, 11) is -0.312. The summed E-state index contributed by atoms with van der Waals surface area (Å²) in [4.78, 5) is 0.284. The number of sulfone groups is 1. The lowest BCUT2D eigenvalue weighted by Gasteiger charge is -2.14. The summed E-state index contributed by atoms with van der Waals surface area (Å²) in [6, 6.07) is 13.5. The lowest BCUT2D eigenvalue weighted by molar-refractivity contribution is 0.414. The third-order valence-corrected chi connectivity index (χ3v) is 5.57. The van der Waals surface area contributed by atoms with Crippen LogP contribution in [0.15, 0.2) is 53.4 Å². The summed E-state index contributed by atoms with van der Waals surface area (Å²) in [6.45, 7) is 1.68. The van der Waals surface area contributed by atoms with E-state index in [2.05, 4.69) is 0 Å². The van der Waals surface area contributed by atoms with Crippen LogP contribution in [0.1, 0.15) is 17.7 Å². The fraction of sp³-hybridized carbons (Fsp3) is 0.250. The molecule has 0 aliphatic heterocycles. The van der Waals surface area contributed by atoms with Crippen molar-refractivity contribution >= 4 is 9.84 Å². The molecular weight excluding hydrogens is 288 g/mol. The Balaban J connectivity index is 2.32. The van der Waals surface area contributed by atoms with Crippen molar-refractivity contribution in [3.63, 3.8) is 0 Å². The zero-order chi connectivity index (χ0) is 15.5. The second-order valence-electron chi connectivity index (χ2n) is 4.64. The van der Waals surface area contributed by atoms with Gasteiger partial charge in [-0.25, -0.2) is 8.42 Å². The maximum absolute atomic E-state index is 12.6. The van der Waals surface area contributed by atoms with E-state index < -0.39 is 15.1 Å². The Morgan fingerprint density at radius 1 is 0.810 bits per heavy atom. The molecule has 112 valence electrons. The van der Waals surface area contributed by atoms with Gasteiger partial charge in [0.05, 0.1) is 24.4 Å². The summed E-state index contributed by atoms with van der Waals surface area (Å²) in [6.07, 6.45) is 0. The van der Waals surface area contributed by atoms with Crippen molar-refractivity contribution in [2.24, 2.45) is 0 Å². The molecule has 21 heavy (non-hydrogen) atoms. The predicted octanol–water partition coefficient (Wildman–Crippen LogP) is 3.24. The van der Waals surface area contributed by atoms with E-state index in [4.69, 9.17) is 9.47 Å². The summed E-state index contributed by atoms with van der Waals surface area (Å²) >= 11 is 0. The molecule has 1 unspecified atom stereocenters. The van der Waals surface area contributed by atoms with Crippen LogP contribution >= 0.6 is 0 Å². The number of methoxy groups -OCH3 is 2. The van der Waals surface area contributed by atoms with Crippen molar-refractivity contribution < 1.29 is 17.9 Å². The van der Waals surface area contributed by atoms with Crippen molar-refractivity contribution in [3.05, 3.63) is 54.1 Å². The minimum atomic E-state index is -3.43. The van der Waals surface area contributed by atoms with Crippen LogP contribution < -0.4 is 9.47 Å². The van der Waals surface area contributed by atoms with E-state index in [0.29, 0.717) is 11.5 Å². The summed E-state index contributed by atoms with van der Waals surface area (Å²) < 4.78 is 35.4. The van der Waals surface area contributed by atoms with Gasteiger partial charge in [0.25, 0.3) is 0 Å². The zero-order valence-electron chi connectivity index (χ0n) is 12.2. The second-order valence-corrected chi connectivity index (χ2v) is 6.90. The molecular formula is C16H18O4S. The molecule has 0 bridgehead atoms. The highest BCUT2D eigenvalue weighted by Gasteiger charge is 2.24. The quantitative estimate of drug-likeness (QED) is 0.851. The van der Waals surface area contributed by atoms with Crippen molar-refractivity contribution in [2.45, 2.75) is 17.1 Å². The lowest BCUT2D eigenvalue weighted by atomic mass is 10.2. The molecule has 1 atom stereocenters. The Bertz CT molecular complexity index is 688. The number of hydrogen-bond acceptors (Lipinski definition) is 4. The Labute approximate surface area is 125 Å². The van der Waals surface area contributed by atoms with Gasteiger partial charge < -0.3 is 9.47 Å². The molecule has 2 aromatic carbocycles. The highest BCUT2D eigenvalue weighted by atomic mass is 32.2. The maximum atomic E-state index is 12.6. The van der Waals surface area contributed by atoms with Crippen LogP contribution in [0.5, 0.6) is 11.5 Å². The summed E-state index contributed by atoms with van der Waals surface area (Å²) in [5.41, 5.74) is 0.728. The maximum Gasteiger partial charge on any atom is 0.185 e. The average Bonchev–Trinajstić information content (AvgIpc) is 2.54. The largest absolute Gasteiger partial charge is 0.497 e. The molecule has 5 heteroatoms. The lowest BCUT2D eigenvalue weighted by Crippen LogP contribution is -2.10. The van der Waals surface area contributed by atoms with E-state index in [-0.39, 0.29) is 4.90 Å². The molecule has 0 aliphatic rings. The topological polar surface area (TPSA) is 52.6 Å². The van der Waals surface area contributed by atoms with Gasteiger partial charge in [0.15, 0.2) is 9.84 Å². The van der Waals surface area contributed by atoms with Gasteiger partial charge in [0.1, 0.15) is 11.5 Å². The average molecular weight is 306 g/mol. The minimum Gasteiger partial charge on any atom is -0.497 e. The van der Waals surface area contributed by atoms with Crippen molar-refractivity contribution in [2.75, 3.05) is 14.2 Å². The summed E-state index contributed by atoms with van der Waals surface area (Å²) in [5, 5.41) is -0.628. The fourth-order valence-corrected chi connectivity index (χ4v) is 3.46. The molecule has 0 amide bonds. The SMILES string of the molecule is COc1ccc(C(C)S(=O)(=O)c2ccc(OC)cc2)cc1. The molecule has 0 fully saturated rings. The molecule has 2 aromatic rings. The molecule has 0 N–H and O–H groups in total. The number of rotatable bonds is 5. The molecule has 0 aromatic heterocycles. The van der Waals surface area contributed by atoms with Crippen LogP contribution in [0, 0.1) is 0 Å². The molecule has 0 saturated carbocycles. The van der Waals surface area contributed by atoms with Crippen molar-refractivity contribution in [3.8, 4) is 11.5 Å². The number of benzene rings is 2. The Morgan fingerprint density at radius 2 is 1.24 bits per heavy atom. The minimum absolute atomic E-state index is 0.284. The third-order valence-electron chi connectivity index (χ3n) is 3.44. The molecule has 0 spiro atoms. The standard InChI is InChI=1S/C16H18O4S/c1-12(13-4-6-14(19-2)7-5-13)21(17,18)16-10-8-15(20-3)9-11-16/h4-12H,1-3H3. The van der Waals surface area contributed by atoms with Crippen LogP contribution in [0.2, 0.25) is 0 Å². The smallest absolute Gasteiger partial charge is 0.185 e. The fourth-order valence-electron chi connectivity index (χ4n) is 2.02. The van der Waals surface area contributed by atoms with Crippen LogP contribution in [-0.2, 0) is 9.84 Å². The first-order valence-corrected chi connectivity index (χ1v) is 8.05. The molecule has 0 heterocycles. The monoisotopic (exact) mass is 306 g/mol. The molecule has 4 nitrogen and oxygen atoms in total. The van der Waals surface area contributed by atoms with E-state index in [9.17, 15) is 8.42 Å². The van der Waals surface area contributed by atoms with Gasteiger partial charge in [-0.05, 0) is 48.9 Å². The Hall–Kier alpha value is -2.01. The second kappa shape index (κ2) is 6.18. The number of ether oxygens (including phenoxy) is 2. The zero-order valence-corrected chi connectivity index (χ0v) is 13.1. The van der Waals surface area contributed by atoms with Crippen LogP contribution in [0.25, 0.3) is 0 Å². The molecule has 0 aliphatic carbocycles. The van der Waals surface area contributed by atoms with Gasteiger partial charge >= 0.3 is 0 Å². The van der Waals surface area contributed by atoms with E-state index >= 15 is 0 Å². The Morgan fingerprint density at radius 3 is 1.67 bits per heavy atom. The van der Waals surface area contributed by atoms with Crippen LogP contribution in [0.3, 0.4) is 0 Å². The van der Waals surface area contributed by atoms with Crippen molar-refractivity contribution in [1.29, 1.82) is 0 Å². The van der Waals surface area contributed by atoms with Crippen molar-refractivity contribution in [1.82, 2.24) is 0 Å². The van der Waals surface area contributed by atoms with Gasteiger partial charge in [0, 0.05) is 0 Å². The van der Waals surface area contributed by atoms with Gasteiger partial charge in [-0.2, -0.15) is 0 Å². The molecule has 0 radical (unpaired) electrons. The normalized spacial score (nSPS) is 12.7. The van der Waals surface area contributed by atoms with Crippen LogP contribution in [-0.4, -0.2) is 22.6 Å². The van der Waals surface area contributed by atoms with E-state index in [1.807, 2.05) is 0 Å². The van der Waals surface area contributed by atoms with Gasteiger partial charge in [-0.3, -0.25) is 0 Å². The molecule has 2 rings (SSSR count). The van der Waals surface area contributed by atoms with Gasteiger partial charge in [-0.15, -0.1) is 0 Å². The van der Waals surface area contributed by atoms with Gasteiger partial charge in [-0.1, -0.05) is 12.1 Å². The van der Waals surface area contributed by atoms with E-state index in [1.165, 1.54) is 0 Å². The van der Waals surface area contributed by atoms with E-state index in [0.717, 1.165) is 5.56 Å². The van der Waals surface area contributed by atoms with E-state index in [1.54, 1.807) is 69.7 Å². The first-order chi connectivity index (χ1) is 9.98. The first-order valence-electron chi connectivity index (χ1n) is 6.51. The third kappa shape index (κ3) is 3.19. The number of hydrogen-bond donors (Lipinski definition) is 0. The molecule has 0 saturated heterocycles. The Kier molecular flexibility index (Phi) is 4.53.